The molecule has 2 aromatic carbocycles. The Hall–Kier alpha value is -2.11. The van der Waals surface area contributed by atoms with Gasteiger partial charge in [0.15, 0.2) is 0 Å². The summed E-state index contributed by atoms with van der Waals surface area (Å²) < 4.78 is 5.04. The van der Waals surface area contributed by atoms with E-state index >= 15 is 0 Å². The molecular weight excluding hydrogens is 305 g/mol. The van der Waals surface area contributed by atoms with Crippen LogP contribution in [0.25, 0.3) is 0 Å². The lowest BCUT2D eigenvalue weighted by Crippen LogP contribution is -2.11. The Morgan fingerprint density at radius 1 is 1.15 bits per heavy atom. The number of ether oxygens (including phenoxy) is 1. The molecule has 0 atom stereocenters. The maximum absolute atomic E-state index is 12.0. The van der Waals surface area contributed by atoms with E-state index < -0.39 is 10.9 Å². The number of halogens is 2. The van der Waals surface area contributed by atoms with Gasteiger partial charge in [-0.15, -0.1) is 0 Å². The Balaban J connectivity index is 2.31. The van der Waals surface area contributed by atoms with Crippen LogP contribution in [-0.2, 0) is 0 Å². The molecule has 102 valence electrons. The van der Waals surface area contributed by atoms with Crippen LogP contribution in [0.1, 0.15) is 10.4 Å². The molecule has 0 fully saturated rings. The summed E-state index contributed by atoms with van der Waals surface area (Å²) >= 11 is 11.6. The molecule has 0 spiro atoms. The van der Waals surface area contributed by atoms with Crippen LogP contribution in [0.15, 0.2) is 42.5 Å². The topological polar surface area (TPSA) is 69.4 Å². The Labute approximate surface area is 123 Å². The third-order valence-corrected chi connectivity index (χ3v) is 2.95. The van der Waals surface area contributed by atoms with Gasteiger partial charge in [0, 0.05) is 11.1 Å². The van der Waals surface area contributed by atoms with Crippen molar-refractivity contribution in [3.8, 4) is 5.75 Å². The number of para-hydroxylation sites is 1. The molecule has 0 heterocycles. The van der Waals surface area contributed by atoms with Crippen LogP contribution < -0.4 is 4.74 Å². The Morgan fingerprint density at radius 2 is 1.85 bits per heavy atom. The number of rotatable bonds is 3. The van der Waals surface area contributed by atoms with Crippen LogP contribution in [0.5, 0.6) is 5.75 Å². The van der Waals surface area contributed by atoms with Gasteiger partial charge in [-0.2, -0.15) is 0 Å². The average Bonchev–Trinajstić information content (AvgIpc) is 2.41. The lowest BCUT2D eigenvalue weighted by Gasteiger charge is -2.06. The van der Waals surface area contributed by atoms with E-state index in [0.717, 1.165) is 0 Å². The number of carbonyl (C=O) groups excluding carboxylic acids is 1. The second-order valence-electron chi connectivity index (χ2n) is 3.74. The summed E-state index contributed by atoms with van der Waals surface area (Å²) in [5.41, 5.74) is -0.480. The molecule has 0 aliphatic rings. The summed E-state index contributed by atoms with van der Waals surface area (Å²) in [6.45, 7) is 0. The minimum Gasteiger partial charge on any atom is -0.421 e. The van der Waals surface area contributed by atoms with E-state index in [1.54, 1.807) is 0 Å². The molecule has 2 aromatic rings. The van der Waals surface area contributed by atoms with Gasteiger partial charge in [-0.1, -0.05) is 35.3 Å². The van der Waals surface area contributed by atoms with Crippen molar-refractivity contribution < 1.29 is 14.5 Å². The number of hydrogen-bond acceptors (Lipinski definition) is 4. The summed E-state index contributed by atoms with van der Waals surface area (Å²) in [6.07, 6.45) is 0. The maximum atomic E-state index is 12.0. The number of hydrogen-bond donors (Lipinski definition) is 0. The van der Waals surface area contributed by atoms with E-state index in [1.807, 2.05) is 0 Å². The molecule has 2 rings (SSSR count). The highest BCUT2D eigenvalue weighted by Gasteiger charge is 2.21. The van der Waals surface area contributed by atoms with Gasteiger partial charge in [0.05, 0.1) is 9.95 Å². The van der Waals surface area contributed by atoms with Gasteiger partial charge >= 0.3 is 5.97 Å². The van der Waals surface area contributed by atoms with Gasteiger partial charge in [0.2, 0.25) is 0 Å². The Bertz CT molecular complexity index is 688. The Kier molecular flexibility index (Phi) is 4.22. The predicted molar refractivity (Wildman–Crippen MR) is 74.5 cm³/mol. The summed E-state index contributed by atoms with van der Waals surface area (Å²) in [5.74, 6) is -0.777. The van der Waals surface area contributed by atoms with Crippen molar-refractivity contribution in [1.82, 2.24) is 0 Å². The van der Waals surface area contributed by atoms with E-state index in [9.17, 15) is 14.9 Å². The van der Waals surface area contributed by atoms with Crippen molar-refractivity contribution in [2.75, 3.05) is 0 Å². The molecule has 20 heavy (non-hydrogen) atoms. The van der Waals surface area contributed by atoms with Gasteiger partial charge in [-0.25, -0.2) is 4.79 Å². The van der Waals surface area contributed by atoms with Gasteiger partial charge in [0.1, 0.15) is 11.3 Å². The SMILES string of the molecule is O=C(Oc1ccc(Cl)cc1Cl)c1ccccc1[N+](=O)[O-]. The minimum atomic E-state index is -0.860. The van der Waals surface area contributed by atoms with E-state index in [0.29, 0.717) is 5.02 Å². The fourth-order valence-corrected chi connectivity index (χ4v) is 1.97. The highest BCUT2D eigenvalue weighted by molar-refractivity contribution is 6.35. The first kappa shape index (κ1) is 14.3. The van der Waals surface area contributed by atoms with Crippen LogP contribution >= 0.6 is 23.2 Å². The maximum Gasteiger partial charge on any atom is 0.350 e. The van der Waals surface area contributed by atoms with Crippen molar-refractivity contribution >= 4 is 34.9 Å². The molecule has 0 radical (unpaired) electrons. The van der Waals surface area contributed by atoms with Gasteiger partial charge in [-0.05, 0) is 24.3 Å². The highest BCUT2D eigenvalue weighted by atomic mass is 35.5. The van der Waals surface area contributed by atoms with Crippen molar-refractivity contribution in [2.24, 2.45) is 0 Å². The number of nitro benzene ring substituents is 1. The van der Waals surface area contributed by atoms with E-state index in [4.69, 9.17) is 27.9 Å². The van der Waals surface area contributed by atoms with Crippen molar-refractivity contribution in [2.45, 2.75) is 0 Å². The van der Waals surface area contributed by atoms with Crippen LogP contribution in [0.3, 0.4) is 0 Å². The second kappa shape index (κ2) is 5.90. The first-order chi connectivity index (χ1) is 9.49. The highest BCUT2D eigenvalue weighted by Crippen LogP contribution is 2.29. The van der Waals surface area contributed by atoms with E-state index in [2.05, 4.69) is 0 Å². The minimum absolute atomic E-state index is 0.0826. The van der Waals surface area contributed by atoms with Gasteiger partial charge in [0.25, 0.3) is 5.69 Å². The number of esters is 1. The first-order valence-electron chi connectivity index (χ1n) is 5.39. The monoisotopic (exact) mass is 311 g/mol. The zero-order valence-electron chi connectivity index (χ0n) is 9.88. The number of carbonyl (C=O) groups is 1. The molecule has 0 aliphatic carbocycles. The van der Waals surface area contributed by atoms with Gasteiger partial charge < -0.3 is 4.74 Å². The largest absolute Gasteiger partial charge is 0.421 e. The molecular formula is C13H7Cl2NO4. The summed E-state index contributed by atoms with van der Waals surface area (Å²) in [4.78, 5) is 22.1. The zero-order valence-corrected chi connectivity index (χ0v) is 11.4. The average molecular weight is 312 g/mol. The molecule has 0 amide bonds. The lowest BCUT2D eigenvalue weighted by atomic mass is 10.2. The summed E-state index contributed by atoms with van der Waals surface area (Å²) in [7, 11) is 0. The zero-order chi connectivity index (χ0) is 14.7. The normalized spacial score (nSPS) is 10.1. The number of nitro groups is 1. The van der Waals surface area contributed by atoms with E-state index in [1.165, 1.54) is 42.5 Å². The number of nitrogens with zero attached hydrogens (tertiary/aromatic N) is 1. The smallest absolute Gasteiger partial charge is 0.350 e. The molecule has 0 bridgehead atoms. The summed E-state index contributed by atoms with van der Waals surface area (Å²) in [6, 6.07) is 9.82. The second-order valence-corrected chi connectivity index (χ2v) is 4.58. The fourth-order valence-electron chi connectivity index (χ4n) is 1.52. The van der Waals surface area contributed by atoms with Crippen molar-refractivity contribution in [1.29, 1.82) is 0 Å². The predicted octanol–water partition coefficient (Wildman–Crippen LogP) is 4.12. The Morgan fingerprint density at radius 3 is 2.50 bits per heavy atom. The molecule has 0 saturated carbocycles. The molecule has 0 N–H and O–H groups in total. The summed E-state index contributed by atoms with van der Waals surface area (Å²) in [5, 5.41) is 11.4. The van der Waals surface area contributed by atoms with Crippen LogP contribution in [-0.4, -0.2) is 10.9 Å². The third kappa shape index (κ3) is 3.07. The van der Waals surface area contributed by atoms with Crippen LogP contribution in [0, 0.1) is 10.1 Å². The molecule has 5 nitrogen and oxygen atoms in total. The van der Waals surface area contributed by atoms with Gasteiger partial charge in [-0.3, -0.25) is 10.1 Å². The number of benzene rings is 2. The van der Waals surface area contributed by atoms with Crippen molar-refractivity contribution in [3.05, 3.63) is 68.2 Å². The molecule has 0 unspecified atom stereocenters. The molecule has 0 saturated heterocycles. The third-order valence-electron chi connectivity index (χ3n) is 2.42. The fraction of sp³-hybridized carbons (Fsp3) is 0. The molecule has 7 heteroatoms. The van der Waals surface area contributed by atoms with Crippen molar-refractivity contribution in [3.63, 3.8) is 0 Å². The molecule has 0 aromatic heterocycles. The van der Waals surface area contributed by atoms with Crippen LogP contribution in [0.4, 0.5) is 5.69 Å². The lowest BCUT2D eigenvalue weighted by molar-refractivity contribution is -0.385. The van der Waals surface area contributed by atoms with Crippen LogP contribution in [0.2, 0.25) is 10.0 Å². The standard InChI is InChI=1S/C13H7Cl2NO4/c14-8-5-6-12(10(15)7-8)20-13(17)9-3-1-2-4-11(9)16(18)19/h1-7H. The first-order valence-corrected chi connectivity index (χ1v) is 6.15. The molecule has 0 aliphatic heterocycles. The quantitative estimate of drug-likeness (QED) is 0.370. The van der Waals surface area contributed by atoms with E-state index in [-0.39, 0.29) is 22.0 Å².